The zero-order valence-electron chi connectivity index (χ0n) is 16.1. The second-order valence-electron chi connectivity index (χ2n) is 6.64. The molecule has 2 aromatic carbocycles. The van der Waals surface area contributed by atoms with E-state index in [-0.39, 0.29) is 11.1 Å². The minimum atomic E-state index is -0.258. The van der Waals surface area contributed by atoms with Crippen molar-refractivity contribution in [2.24, 2.45) is 14.1 Å². The lowest BCUT2D eigenvalue weighted by molar-refractivity contribution is 0.484. The monoisotopic (exact) mass is 385 g/mol. The van der Waals surface area contributed by atoms with Crippen LogP contribution in [0.3, 0.4) is 0 Å². The molecule has 0 fully saturated rings. The van der Waals surface area contributed by atoms with E-state index in [0.717, 1.165) is 5.56 Å². The van der Waals surface area contributed by atoms with E-state index in [1.807, 2.05) is 54.6 Å². The van der Waals surface area contributed by atoms with Crippen molar-refractivity contribution in [1.29, 1.82) is 0 Å². The zero-order chi connectivity index (χ0) is 20.4. The molecular formula is C23H19N3O3. The minimum absolute atomic E-state index is 0.164. The number of aryl methyl sites for hydroxylation is 2. The van der Waals surface area contributed by atoms with Crippen molar-refractivity contribution >= 4 is 0 Å². The molecule has 0 spiro atoms. The van der Waals surface area contributed by atoms with Gasteiger partial charge in [0, 0.05) is 43.6 Å². The third kappa shape index (κ3) is 3.73. The molecule has 0 saturated carbocycles. The van der Waals surface area contributed by atoms with Gasteiger partial charge in [0.2, 0.25) is 0 Å². The van der Waals surface area contributed by atoms with Crippen molar-refractivity contribution in [2.75, 3.05) is 0 Å². The maximum absolute atomic E-state index is 12.3. The maximum atomic E-state index is 12.3. The number of rotatable bonds is 4. The molecule has 2 heterocycles. The van der Waals surface area contributed by atoms with Crippen molar-refractivity contribution in [3.63, 3.8) is 0 Å². The number of hydrogen-bond acceptors (Lipinski definition) is 4. The van der Waals surface area contributed by atoms with E-state index in [9.17, 15) is 9.59 Å². The summed E-state index contributed by atoms with van der Waals surface area (Å²) in [5.74, 6) is 1.30. The molecule has 144 valence electrons. The smallest absolute Gasteiger partial charge is 0.267 e. The Bertz CT molecular complexity index is 1290. The van der Waals surface area contributed by atoms with Gasteiger partial charge in [0.15, 0.2) is 0 Å². The Kier molecular flexibility index (Phi) is 4.83. The average molecular weight is 385 g/mol. The van der Waals surface area contributed by atoms with Gasteiger partial charge in [-0.1, -0.05) is 30.3 Å². The van der Waals surface area contributed by atoms with Crippen LogP contribution < -0.4 is 15.9 Å². The number of benzene rings is 2. The quantitative estimate of drug-likeness (QED) is 0.538. The van der Waals surface area contributed by atoms with Gasteiger partial charge in [-0.15, -0.1) is 0 Å². The highest BCUT2D eigenvalue weighted by Gasteiger charge is 2.17. The van der Waals surface area contributed by atoms with Crippen molar-refractivity contribution < 1.29 is 4.74 Å². The van der Waals surface area contributed by atoms with Crippen LogP contribution in [0.2, 0.25) is 0 Å². The lowest BCUT2D eigenvalue weighted by atomic mass is 10.00. The molecule has 0 bridgehead atoms. The Morgan fingerprint density at radius 2 is 1.52 bits per heavy atom. The predicted molar refractivity (Wildman–Crippen MR) is 112 cm³/mol. The first kappa shape index (κ1) is 18.4. The third-order valence-corrected chi connectivity index (χ3v) is 4.62. The maximum Gasteiger partial charge on any atom is 0.267 e. The highest BCUT2D eigenvalue weighted by molar-refractivity contribution is 5.83. The lowest BCUT2D eigenvalue weighted by Crippen LogP contribution is -2.20. The Balaban J connectivity index is 1.92. The molecule has 0 saturated heterocycles. The summed E-state index contributed by atoms with van der Waals surface area (Å²) in [6.07, 6.45) is 1.67. The first-order chi connectivity index (χ1) is 14.0. The SMILES string of the molecule is Cn1ccc(-c2cc(=O)n(C)nc2-c2ccccc2Oc2ccccc2)cc1=O. The molecule has 0 aliphatic heterocycles. The topological polar surface area (TPSA) is 66.1 Å². The Morgan fingerprint density at radius 1 is 0.793 bits per heavy atom. The summed E-state index contributed by atoms with van der Waals surface area (Å²) < 4.78 is 8.83. The van der Waals surface area contributed by atoms with Gasteiger partial charge in [0.1, 0.15) is 17.2 Å². The minimum Gasteiger partial charge on any atom is -0.457 e. The van der Waals surface area contributed by atoms with Gasteiger partial charge in [-0.25, -0.2) is 4.68 Å². The van der Waals surface area contributed by atoms with E-state index in [1.54, 1.807) is 26.4 Å². The standard InChI is InChI=1S/C23H19N3O3/c1-25-13-12-16(14-21(25)27)19-15-22(28)26(2)24-23(19)18-10-6-7-11-20(18)29-17-8-4-3-5-9-17/h3-15H,1-2H3. The van der Waals surface area contributed by atoms with Crippen LogP contribution in [0.4, 0.5) is 0 Å². The molecule has 0 amide bonds. The molecule has 4 rings (SSSR count). The van der Waals surface area contributed by atoms with E-state index in [4.69, 9.17) is 4.74 Å². The predicted octanol–water partition coefficient (Wildman–Crippen LogP) is 3.61. The van der Waals surface area contributed by atoms with Gasteiger partial charge in [0.05, 0.1) is 0 Å². The molecule has 29 heavy (non-hydrogen) atoms. The third-order valence-electron chi connectivity index (χ3n) is 4.62. The summed E-state index contributed by atoms with van der Waals surface area (Å²) in [6, 6.07) is 21.7. The van der Waals surface area contributed by atoms with Crippen LogP contribution in [-0.4, -0.2) is 14.3 Å². The lowest BCUT2D eigenvalue weighted by Gasteiger charge is -2.15. The molecular weight excluding hydrogens is 366 g/mol. The first-order valence-electron chi connectivity index (χ1n) is 9.10. The van der Waals surface area contributed by atoms with E-state index in [2.05, 4.69) is 5.10 Å². The van der Waals surface area contributed by atoms with E-state index in [0.29, 0.717) is 28.3 Å². The molecule has 2 aromatic heterocycles. The zero-order valence-corrected chi connectivity index (χ0v) is 16.1. The van der Waals surface area contributed by atoms with Crippen LogP contribution >= 0.6 is 0 Å². The Morgan fingerprint density at radius 3 is 2.28 bits per heavy atom. The molecule has 0 radical (unpaired) electrons. The molecule has 0 N–H and O–H groups in total. The molecule has 0 aliphatic rings. The fraction of sp³-hybridized carbons (Fsp3) is 0.0870. The summed E-state index contributed by atoms with van der Waals surface area (Å²) in [5, 5.41) is 4.49. The van der Waals surface area contributed by atoms with Gasteiger partial charge in [-0.3, -0.25) is 9.59 Å². The Hall–Kier alpha value is -3.93. The van der Waals surface area contributed by atoms with Gasteiger partial charge < -0.3 is 9.30 Å². The van der Waals surface area contributed by atoms with Gasteiger partial charge >= 0.3 is 0 Å². The van der Waals surface area contributed by atoms with Crippen LogP contribution in [0.25, 0.3) is 22.4 Å². The largest absolute Gasteiger partial charge is 0.457 e. The van der Waals surface area contributed by atoms with Gasteiger partial charge in [-0.05, 0) is 35.9 Å². The molecule has 6 heteroatoms. The van der Waals surface area contributed by atoms with Crippen molar-refractivity contribution in [3.8, 4) is 33.9 Å². The summed E-state index contributed by atoms with van der Waals surface area (Å²) in [5.41, 5.74) is 2.07. The van der Waals surface area contributed by atoms with E-state index < -0.39 is 0 Å². The second kappa shape index (κ2) is 7.59. The molecule has 6 nitrogen and oxygen atoms in total. The van der Waals surface area contributed by atoms with Crippen LogP contribution in [0.15, 0.2) is 88.6 Å². The average Bonchev–Trinajstić information content (AvgIpc) is 2.73. The van der Waals surface area contributed by atoms with Crippen molar-refractivity contribution in [1.82, 2.24) is 14.3 Å². The molecule has 0 aliphatic carbocycles. The van der Waals surface area contributed by atoms with Crippen LogP contribution in [-0.2, 0) is 14.1 Å². The highest BCUT2D eigenvalue weighted by Crippen LogP contribution is 2.36. The van der Waals surface area contributed by atoms with Crippen LogP contribution in [0.5, 0.6) is 11.5 Å². The van der Waals surface area contributed by atoms with Crippen LogP contribution in [0.1, 0.15) is 0 Å². The Labute approximate surface area is 167 Å². The van der Waals surface area contributed by atoms with Crippen molar-refractivity contribution in [2.45, 2.75) is 0 Å². The number of hydrogen-bond donors (Lipinski definition) is 0. The van der Waals surface area contributed by atoms with Crippen LogP contribution in [0, 0.1) is 0 Å². The molecule has 0 unspecified atom stereocenters. The fourth-order valence-electron chi connectivity index (χ4n) is 3.04. The normalized spacial score (nSPS) is 10.7. The highest BCUT2D eigenvalue weighted by atomic mass is 16.5. The fourth-order valence-corrected chi connectivity index (χ4v) is 3.04. The van der Waals surface area contributed by atoms with Gasteiger partial charge in [-0.2, -0.15) is 5.10 Å². The van der Waals surface area contributed by atoms with E-state index in [1.165, 1.54) is 21.4 Å². The number of aromatic nitrogens is 3. The van der Waals surface area contributed by atoms with Crippen molar-refractivity contribution in [3.05, 3.63) is 99.7 Å². The molecule has 0 atom stereocenters. The first-order valence-corrected chi connectivity index (χ1v) is 9.10. The number of pyridine rings is 1. The second-order valence-corrected chi connectivity index (χ2v) is 6.64. The van der Waals surface area contributed by atoms with Gasteiger partial charge in [0.25, 0.3) is 11.1 Å². The number of nitrogens with zero attached hydrogens (tertiary/aromatic N) is 3. The number of para-hydroxylation sites is 2. The summed E-state index contributed by atoms with van der Waals surface area (Å²) in [4.78, 5) is 24.5. The summed E-state index contributed by atoms with van der Waals surface area (Å²) >= 11 is 0. The number of ether oxygens (including phenoxy) is 1. The summed E-state index contributed by atoms with van der Waals surface area (Å²) in [6.45, 7) is 0. The molecule has 4 aromatic rings. The van der Waals surface area contributed by atoms with E-state index >= 15 is 0 Å². The summed E-state index contributed by atoms with van der Waals surface area (Å²) in [7, 11) is 3.28.